The second-order valence-corrected chi connectivity index (χ2v) is 2.81. The predicted molar refractivity (Wildman–Crippen MR) is 62.2 cm³/mol. The topological polar surface area (TPSA) is 42.9 Å². The number of rotatable bonds is 2. The summed E-state index contributed by atoms with van der Waals surface area (Å²) in [6.07, 6.45) is 6.38. The van der Waals surface area contributed by atoms with E-state index in [-0.39, 0.29) is 22.8 Å². The lowest BCUT2D eigenvalue weighted by atomic mass is 10.1. The van der Waals surface area contributed by atoms with Gasteiger partial charge in [-0.05, 0) is 24.3 Å². The van der Waals surface area contributed by atoms with Crippen LogP contribution in [0.4, 0.5) is 0 Å². The van der Waals surface area contributed by atoms with Crippen LogP contribution in [0, 0.1) is 0 Å². The summed E-state index contributed by atoms with van der Waals surface area (Å²) >= 11 is 0. The predicted octanol–water partition coefficient (Wildman–Crippen LogP) is 2.29. The number of carbonyl (C=O) groups excluding carboxylic acids is 1. The molecule has 0 aliphatic heterocycles. The maximum absolute atomic E-state index is 11.8. The number of halogens is 1. The van der Waals surface area contributed by atoms with Gasteiger partial charge in [0.05, 0.1) is 0 Å². The molecule has 0 saturated carbocycles. The van der Waals surface area contributed by atoms with Crippen molar-refractivity contribution in [2.45, 2.75) is 0 Å². The Morgan fingerprint density at radius 3 is 1.73 bits per heavy atom. The molecule has 0 atom stereocenters. The van der Waals surface area contributed by atoms with Crippen LogP contribution in [-0.4, -0.2) is 15.8 Å². The molecule has 4 heteroatoms. The maximum Gasteiger partial charge on any atom is 0.196 e. The largest absolute Gasteiger partial charge is 0.288 e. The quantitative estimate of drug-likeness (QED) is 0.782. The van der Waals surface area contributed by atoms with Crippen molar-refractivity contribution < 1.29 is 4.79 Å². The lowest BCUT2D eigenvalue weighted by molar-refractivity contribution is 0.103. The molecule has 0 saturated heterocycles. The minimum atomic E-state index is -0.0498. The molecule has 2 aromatic heterocycles. The van der Waals surface area contributed by atoms with Gasteiger partial charge in [-0.15, -0.1) is 17.0 Å². The molecule has 2 aromatic rings. The third kappa shape index (κ3) is 2.70. The van der Waals surface area contributed by atoms with Crippen molar-refractivity contribution in [1.82, 2.24) is 9.97 Å². The molecule has 0 fully saturated rings. The van der Waals surface area contributed by atoms with E-state index >= 15 is 0 Å². The fraction of sp³-hybridized carbons (Fsp3) is 0. The van der Waals surface area contributed by atoms with Crippen LogP contribution in [0.2, 0.25) is 0 Å². The van der Waals surface area contributed by atoms with E-state index in [9.17, 15) is 4.79 Å². The van der Waals surface area contributed by atoms with E-state index in [2.05, 4.69) is 9.97 Å². The summed E-state index contributed by atoms with van der Waals surface area (Å²) in [5.74, 6) is -0.0498. The monoisotopic (exact) mass is 264 g/mol. The summed E-state index contributed by atoms with van der Waals surface area (Å²) in [5.41, 5.74) is 1.17. The lowest BCUT2D eigenvalue weighted by Gasteiger charge is -1.98. The average Bonchev–Trinajstić information content (AvgIpc) is 2.30. The second-order valence-electron chi connectivity index (χ2n) is 2.81. The first-order valence-corrected chi connectivity index (χ1v) is 4.22. The molecule has 2 heterocycles. The first-order valence-electron chi connectivity index (χ1n) is 4.22. The Bertz CT molecular complexity index is 389. The number of nitrogens with zero attached hydrogens (tertiary/aromatic N) is 2. The van der Waals surface area contributed by atoms with Gasteiger partial charge < -0.3 is 0 Å². The second kappa shape index (κ2) is 5.36. The zero-order chi connectivity index (χ0) is 9.80. The first-order chi connectivity index (χ1) is 6.88. The molecule has 76 valence electrons. The van der Waals surface area contributed by atoms with Crippen molar-refractivity contribution >= 4 is 22.8 Å². The van der Waals surface area contributed by atoms with E-state index < -0.39 is 0 Å². The summed E-state index contributed by atoms with van der Waals surface area (Å²) in [7, 11) is 0. The van der Waals surface area contributed by atoms with Gasteiger partial charge in [0.25, 0.3) is 0 Å². The third-order valence-corrected chi connectivity index (χ3v) is 1.85. The van der Waals surface area contributed by atoms with Crippen molar-refractivity contribution in [3.63, 3.8) is 0 Å². The van der Waals surface area contributed by atoms with Crippen molar-refractivity contribution in [1.29, 1.82) is 0 Å². The first kappa shape index (κ1) is 11.5. The number of pyridine rings is 2. The molecule has 2 rings (SSSR count). The summed E-state index contributed by atoms with van der Waals surface area (Å²) in [5, 5.41) is 0. The van der Waals surface area contributed by atoms with Crippen molar-refractivity contribution in [3.8, 4) is 0 Å². The highest BCUT2D eigenvalue weighted by molar-refractivity contribution is 8.93. The molecular formula is C11H9BrN2O. The Hall–Kier alpha value is -1.55. The van der Waals surface area contributed by atoms with Crippen molar-refractivity contribution in [3.05, 3.63) is 60.2 Å². The molecule has 0 aliphatic rings. The maximum atomic E-state index is 11.8. The van der Waals surface area contributed by atoms with Crippen LogP contribution >= 0.6 is 17.0 Å². The molecule has 3 nitrogen and oxygen atoms in total. The molecule has 0 amide bonds. The molecule has 0 unspecified atom stereocenters. The fourth-order valence-corrected chi connectivity index (χ4v) is 1.16. The van der Waals surface area contributed by atoms with Gasteiger partial charge in [0.15, 0.2) is 5.78 Å². The van der Waals surface area contributed by atoms with E-state index in [1.807, 2.05) is 0 Å². The number of hydrogen-bond acceptors (Lipinski definition) is 3. The minimum absolute atomic E-state index is 0. The fourth-order valence-electron chi connectivity index (χ4n) is 1.16. The lowest BCUT2D eigenvalue weighted by Crippen LogP contribution is -2.01. The summed E-state index contributed by atoms with van der Waals surface area (Å²) in [6, 6.07) is 6.96. The van der Waals surface area contributed by atoms with Crippen LogP contribution in [0.15, 0.2) is 49.1 Å². The van der Waals surface area contributed by atoms with Gasteiger partial charge in [-0.1, -0.05) is 0 Å². The van der Waals surface area contributed by atoms with Gasteiger partial charge in [0, 0.05) is 35.9 Å². The van der Waals surface area contributed by atoms with Gasteiger partial charge in [-0.3, -0.25) is 14.8 Å². The molecule has 0 spiro atoms. The number of carbonyl (C=O) groups is 1. The molecule has 0 radical (unpaired) electrons. The van der Waals surface area contributed by atoms with E-state index in [1.54, 1.807) is 49.1 Å². The summed E-state index contributed by atoms with van der Waals surface area (Å²) in [6.45, 7) is 0. The Balaban J connectivity index is 0.00000112. The minimum Gasteiger partial charge on any atom is -0.288 e. The van der Waals surface area contributed by atoms with Crippen LogP contribution < -0.4 is 0 Å². The highest BCUT2D eigenvalue weighted by Crippen LogP contribution is 2.06. The number of hydrogen-bond donors (Lipinski definition) is 0. The van der Waals surface area contributed by atoms with Gasteiger partial charge in [0.1, 0.15) is 0 Å². The van der Waals surface area contributed by atoms with Crippen LogP contribution in [0.5, 0.6) is 0 Å². The molecule has 15 heavy (non-hydrogen) atoms. The van der Waals surface area contributed by atoms with Gasteiger partial charge in [0.2, 0.25) is 0 Å². The normalized spacial score (nSPS) is 9.07. The Kier molecular flexibility index (Phi) is 4.12. The smallest absolute Gasteiger partial charge is 0.196 e. The summed E-state index contributed by atoms with van der Waals surface area (Å²) in [4.78, 5) is 19.5. The van der Waals surface area contributed by atoms with Gasteiger partial charge in [-0.2, -0.15) is 0 Å². The van der Waals surface area contributed by atoms with Gasteiger partial charge in [-0.25, -0.2) is 0 Å². The number of aromatic nitrogens is 2. The Morgan fingerprint density at radius 1 is 0.933 bits per heavy atom. The standard InChI is InChI=1S/C11H8N2O.BrH/c14-11(9-3-1-5-12-7-9)10-4-2-6-13-8-10;/h1-8H;1H. The average molecular weight is 265 g/mol. The molecule has 0 aromatic carbocycles. The highest BCUT2D eigenvalue weighted by Gasteiger charge is 2.07. The van der Waals surface area contributed by atoms with Crippen LogP contribution in [0.1, 0.15) is 15.9 Å². The Morgan fingerprint density at radius 2 is 1.40 bits per heavy atom. The molecular weight excluding hydrogens is 256 g/mol. The summed E-state index contributed by atoms with van der Waals surface area (Å²) < 4.78 is 0. The van der Waals surface area contributed by atoms with Gasteiger partial charge >= 0.3 is 0 Å². The van der Waals surface area contributed by atoms with Crippen LogP contribution in [0.25, 0.3) is 0 Å². The van der Waals surface area contributed by atoms with Crippen LogP contribution in [-0.2, 0) is 0 Å². The van der Waals surface area contributed by atoms with E-state index in [0.717, 1.165) is 0 Å². The SMILES string of the molecule is Br.O=C(c1cccnc1)c1cccnc1. The van der Waals surface area contributed by atoms with E-state index in [1.165, 1.54) is 0 Å². The molecule has 0 bridgehead atoms. The molecule has 0 N–H and O–H groups in total. The van der Waals surface area contributed by atoms with E-state index in [0.29, 0.717) is 11.1 Å². The van der Waals surface area contributed by atoms with Crippen molar-refractivity contribution in [2.24, 2.45) is 0 Å². The van der Waals surface area contributed by atoms with Crippen molar-refractivity contribution in [2.75, 3.05) is 0 Å². The highest BCUT2D eigenvalue weighted by atomic mass is 79.9. The van der Waals surface area contributed by atoms with E-state index in [4.69, 9.17) is 0 Å². The zero-order valence-corrected chi connectivity index (χ0v) is 9.54. The zero-order valence-electron chi connectivity index (χ0n) is 7.83. The number of ketones is 1. The third-order valence-electron chi connectivity index (χ3n) is 1.85. The Labute approximate surface area is 98.0 Å². The van der Waals surface area contributed by atoms with Crippen LogP contribution in [0.3, 0.4) is 0 Å². The molecule has 0 aliphatic carbocycles.